The van der Waals surface area contributed by atoms with Crippen LogP contribution < -0.4 is 9.80 Å². The molecule has 0 aliphatic carbocycles. The molecule has 282 valence electrons. The lowest BCUT2D eigenvalue weighted by molar-refractivity contribution is 0.660. The third kappa shape index (κ3) is 4.76. The number of hydrogen-bond acceptors (Lipinski definition) is 6. The number of fused-ring (bicyclic) bond motifs is 14. The molecule has 4 heterocycles. The van der Waals surface area contributed by atoms with Gasteiger partial charge in [-0.25, -0.2) is 0 Å². The highest BCUT2D eigenvalue weighted by Gasteiger charge is 2.28. The second kappa shape index (κ2) is 12.6. The van der Waals surface area contributed by atoms with Gasteiger partial charge in [0.15, 0.2) is 11.2 Å². The molecular weight excluding hydrogens is 741 g/mol. The standard InChI is InChI=1S/C54H32N2O4/c1-5-17-33(18-6-1)55(34-19-7-2-8-20-34)41-31-47-49(51-37-25-13-15-27-43(37)59-53(41)51)39-29-46-40(30-45(39)57-47)50-48(58-46)32-42(54-52(50)38-26-14-16-28-44(38)60-54)56(35-21-9-3-10-22-35)36-23-11-4-12-24-36/h1-32H. The molecule has 0 aliphatic rings. The van der Waals surface area contributed by atoms with Crippen LogP contribution in [0.4, 0.5) is 34.1 Å². The summed E-state index contributed by atoms with van der Waals surface area (Å²) in [5.74, 6) is 0. The van der Waals surface area contributed by atoms with Crippen LogP contribution in [0, 0.1) is 0 Å². The maximum Gasteiger partial charge on any atom is 0.160 e. The van der Waals surface area contributed by atoms with Crippen LogP contribution in [0.5, 0.6) is 0 Å². The van der Waals surface area contributed by atoms with Crippen LogP contribution in [0.15, 0.2) is 212 Å². The first-order valence-corrected chi connectivity index (χ1v) is 20.1. The molecule has 0 N–H and O–H groups in total. The second-order valence-electron chi connectivity index (χ2n) is 15.2. The van der Waals surface area contributed by atoms with Crippen molar-refractivity contribution in [2.24, 2.45) is 0 Å². The van der Waals surface area contributed by atoms with E-state index in [1.54, 1.807) is 0 Å². The van der Waals surface area contributed by atoms with Gasteiger partial charge < -0.3 is 27.5 Å². The molecule has 6 heteroatoms. The zero-order chi connectivity index (χ0) is 39.3. The molecule has 0 atom stereocenters. The summed E-state index contributed by atoms with van der Waals surface area (Å²) in [4.78, 5) is 4.48. The molecule has 0 saturated heterocycles. The summed E-state index contributed by atoms with van der Waals surface area (Å²) >= 11 is 0. The molecule has 6 nitrogen and oxygen atoms in total. The van der Waals surface area contributed by atoms with Gasteiger partial charge in [-0.2, -0.15) is 0 Å². The molecule has 4 aromatic heterocycles. The lowest BCUT2D eigenvalue weighted by Crippen LogP contribution is -2.10. The number of benzene rings is 9. The minimum absolute atomic E-state index is 0.759. The number of rotatable bonds is 6. The summed E-state index contributed by atoms with van der Waals surface area (Å²) < 4.78 is 27.6. The summed E-state index contributed by atoms with van der Waals surface area (Å²) in [7, 11) is 0. The Labute approximate surface area is 342 Å². The number of furan rings is 4. The molecule has 13 aromatic rings. The van der Waals surface area contributed by atoms with Gasteiger partial charge in [-0.3, -0.25) is 0 Å². The molecule has 0 saturated carbocycles. The van der Waals surface area contributed by atoms with Crippen molar-refractivity contribution >= 4 is 122 Å². The van der Waals surface area contributed by atoms with Gasteiger partial charge in [0, 0.05) is 78.0 Å². The molecule has 0 radical (unpaired) electrons. The Morgan fingerprint density at radius 2 is 0.583 bits per heavy atom. The van der Waals surface area contributed by atoms with E-state index >= 15 is 0 Å². The van der Waals surface area contributed by atoms with Crippen LogP contribution >= 0.6 is 0 Å². The fourth-order valence-corrected chi connectivity index (χ4v) is 9.27. The second-order valence-corrected chi connectivity index (χ2v) is 15.2. The monoisotopic (exact) mass is 772 g/mol. The van der Waals surface area contributed by atoms with Crippen molar-refractivity contribution in [2.75, 3.05) is 9.80 Å². The first kappa shape index (κ1) is 32.8. The van der Waals surface area contributed by atoms with E-state index in [1.807, 2.05) is 48.5 Å². The Kier molecular flexibility index (Phi) is 6.91. The van der Waals surface area contributed by atoms with E-state index < -0.39 is 0 Å². The smallest absolute Gasteiger partial charge is 0.160 e. The highest BCUT2D eigenvalue weighted by Crippen LogP contribution is 2.51. The van der Waals surface area contributed by atoms with Crippen LogP contribution in [-0.4, -0.2) is 0 Å². The van der Waals surface area contributed by atoms with Crippen LogP contribution in [0.3, 0.4) is 0 Å². The van der Waals surface area contributed by atoms with E-state index in [2.05, 4.69) is 155 Å². The van der Waals surface area contributed by atoms with Crippen molar-refractivity contribution in [2.45, 2.75) is 0 Å². The van der Waals surface area contributed by atoms with Crippen LogP contribution in [0.2, 0.25) is 0 Å². The number of para-hydroxylation sites is 6. The largest absolute Gasteiger partial charge is 0.456 e. The van der Waals surface area contributed by atoms with Gasteiger partial charge in [0.05, 0.1) is 11.4 Å². The molecule has 0 bridgehead atoms. The van der Waals surface area contributed by atoms with Gasteiger partial charge in [-0.1, -0.05) is 109 Å². The van der Waals surface area contributed by atoms with Crippen LogP contribution in [0.25, 0.3) is 87.8 Å². The Bertz CT molecular complexity index is 3440. The first-order chi connectivity index (χ1) is 29.8. The van der Waals surface area contributed by atoms with Crippen molar-refractivity contribution in [1.29, 1.82) is 0 Å². The minimum Gasteiger partial charge on any atom is -0.456 e. The molecule has 0 amide bonds. The highest BCUT2D eigenvalue weighted by molar-refractivity contribution is 6.33. The van der Waals surface area contributed by atoms with Crippen LogP contribution in [0.1, 0.15) is 0 Å². The predicted molar refractivity (Wildman–Crippen MR) is 245 cm³/mol. The average molecular weight is 773 g/mol. The maximum atomic E-state index is 6.98. The quantitative estimate of drug-likeness (QED) is 0.168. The van der Waals surface area contributed by atoms with Gasteiger partial charge in [-0.15, -0.1) is 0 Å². The molecule has 60 heavy (non-hydrogen) atoms. The zero-order valence-corrected chi connectivity index (χ0v) is 32.0. The van der Waals surface area contributed by atoms with Gasteiger partial charge in [0.1, 0.15) is 33.5 Å². The highest BCUT2D eigenvalue weighted by atomic mass is 16.3. The zero-order valence-electron chi connectivity index (χ0n) is 32.0. The maximum absolute atomic E-state index is 6.98. The predicted octanol–water partition coefficient (Wildman–Crippen LogP) is 16.2. The molecule has 9 aromatic carbocycles. The normalized spacial score (nSPS) is 12.0. The van der Waals surface area contributed by atoms with Gasteiger partial charge >= 0.3 is 0 Å². The van der Waals surface area contributed by atoms with Crippen LogP contribution in [-0.2, 0) is 0 Å². The molecule has 0 fully saturated rings. The Balaban J connectivity index is 1.12. The van der Waals surface area contributed by atoms with Gasteiger partial charge in [0.25, 0.3) is 0 Å². The van der Waals surface area contributed by atoms with E-state index in [9.17, 15) is 0 Å². The van der Waals surface area contributed by atoms with Crippen molar-refractivity contribution in [3.63, 3.8) is 0 Å². The van der Waals surface area contributed by atoms with E-state index in [0.717, 1.165) is 122 Å². The van der Waals surface area contributed by atoms with E-state index in [0.29, 0.717) is 0 Å². The fraction of sp³-hybridized carbons (Fsp3) is 0. The fourth-order valence-electron chi connectivity index (χ4n) is 9.27. The summed E-state index contributed by atoms with van der Waals surface area (Å²) in [6.07, 6.45) is 0. The van der Waals surface area contributed by atoms with E-state index in [-0.39, 0.29) is 0 Å². The molecular formula is C54H32N2O4. The Hall–Kier alpha value is -8.22. The molecule has 0 unspecified atom stereocenters. The third-order valence-corrected chi connectivity index (χ3v) is 11.8. The van der Waals surface area contributed by atoms with Crippen molar-refractivity contribution in [3.05, 3.63) is 194 Å². The summed E-state index contributed by atoms with van der Waals surface area (Å²) in [6, 6.07) is 66.6. The number of nitrogens with zero attached hydrogens (tertiary/aromatic N) is 2. The Morgan fingerprint density at radius 3 is 0.950 bits per heavy atom. The van der Waals surface area contributed by atoms with Crippen molar-refractivity contribution in [3.8, 4) is 0 Å². The Morgan fingerprint density at radius 1 is 0.250 bits per heavy atom. The van der Waals surface area contributed by atoms with Crippen molar-refractivity contribution < 1.29 is 17.7 Å². The molecule has 13 rings (SSSR count). The first-order valence-electron chi connectivity index (χ1n) is 20.1. The molecule has 0 spiro atoms. The topological polar surface area (TPSA) is 59.0 Å². The van der Waals surface area contributed by atoms with E-state index in [4.69, 9.17) is 17.7 Å². The minimum atomic E-state index is 0.759. The number of hydrogen-bond donors (Lipinski definition) is 0. The molecule has 0 aliphatic heterocycles. The third-order valence-electron chi connectivity index (χ3n) is 11.8. The lowest BCUT2D eigenvalue weighted by Gasteiger charge is -2.25. The van der Waals surface area contributed by atoms with Gasteiger partial charge in [0.2, 0.25) is 0 Å². The van der Waals surface area contributed by atoms with E-state index in [1.165, 1.54) is 0 Å². The van der Waals surface area contributed by atoms with Gasteiger partial charge in [-0.05, 0) is 72.8 Å². The summed E-state index contributed by atoms with van der Waals surface area (Å²) in [5, 5.41) is 7.90. The lowest BCUT2D eigenvalue weighted by atomic mass is 10.0. The number of anilines is 6. The summed E-state index contributed by atoms with van der Waals surface area (Å²) in [6.45, 7) is 0. The SMILES string of the molecule is c1ccc(N(c2ccccc2)c2cc3oc4cc5c(cc4c3c3c2oc2ccccc23)oc2cc(N(c3ccccc3)c3ccccc3)c3oc4ccccc4c3c25)cc1. The van der Waals surface area contributed by atoms with Crippen molar-refractivity contribution in [1.82, 2.24) is 0 Å². The summed E-state index contributed by atoms with van der Waals surface area (Å²) in [5.41, 5.74) is 12.0. The average Bonchev–Trinajstić information content (AvgIpc) is 4.07.